The largest absolute Gasteiger partial charge is 0.490 e. The lowest BCUT2D eigenvalue weighted by molar-refractivity contribution is -0.192. The highest BCUT2D eigenvalue weighted by atomic mass is 19.4. The summed E-state index contributed by atoms with van der Waals surface area (Å²) in [6.45, 7) is 4.40. The average Bonchev–Trinajstić information content (AvgIpc) is 3.08. The highest BCUT2D eigenvalue weighted by Gasteiger charge is 2.38. The molecule has 0 radical (unpaired) electrons. The summed E-state index contributed by atoms with van der Waals surface area (Å²) in [7, 11) is 2.04. The molecule has 168 valence electrons. The molecule has 5 N–H and O–H groups in total. The van der Waals surface area contributed by atoms with Crippen molar-refractivity contribution in [3.05, 3.63) is 48.2 Å². The number of fused-ring (bicyclic) bond motifs is 3. The van der Waals surface area contributed by atoms with E-state index in [9.17, 15) is 13.2 Å². The summed E-state index contributed by atoms with van der Waals surface area (Å²) < 4.78 is 33.8. The number of rotatable bonds is 2. The zero-order chi connectivity index (χ0) is 23.8. The fourth-order valence-corrected chi connectivity index (χ4v) is 3.45. The van der Waals surface area contributed by atoms with Crippen LogP contribution in [0.25, 0.3) is 32.9 Å². The standard InChI is InChI=1S/C20H21N5.C2HF3O2/c1-11(2)12-5-4-6-13(9-12)15-10-16-17(19(21)24-20(22)23-16)14-7-8-25(3)18(14)15;3-2(4,5)1(6)7/h4-11H,1-3H3,(H4,21,22,23,24);(H,6,7). The van der Waals surface area contributed by atoms with Crippen molar-refractivity contribution in [1.29, 1.82) is 0 Å². The predicted molar refractivity (Wildman–Crippen MR) is 118 cm³/mol. The third-order valence-electron chi connectivity index (χ3n) is 4.97. The van der Waals surface area contributed by atoms with Crippen LogP contribution in [0.1, 0.15) is 25.3 Å². The molecule has 0 amide bonds. The number of hydrogen-bond acceptors (Lipinski definition) is 5. The summed E-state index contributed by atoms with van der Waals surface area (Å²) in [6, 6.07) is 12.8. The van der Waals surface area contributed by atoms with Gasteiger partial charge >= 0.3 is 12.1 Å². The molecule has 32 heavy (non-hydrogen) atoms. The number of benzene rings is 2. The van der Waals surface area contributed by atoms with Crippen LogP contribution in [0.3, 0.4) is 0 Å². The van der Waals surface area contributed by atoms with Gasteiger partial charge in [-0.05, 0) is 29.2 Å². The lowest BCUT2D eigenvalue weighted by Gasteiger charge is -2.13. The number of halogens is 3. The number of anilines is 2. The van der Waals surface area contributed by atoms with Crippen molar-refractivity contribution in [3.63, 3.8) is 0 Å². The summed E-state index contributed by atoms with van der Waals surface area (Å²) >= 11 is 0. The molecule has 4 aromatic rings. The number of aliphatic carboxylic acids is 1. The molecule has 0 aliphatic carbocycles. The maximum Gasteiger partial charge on any atom is 0.490 e. The topological polar surface area (TPSA) is 120 Å². The number of aromatic nitrogens is 3. The van der Waals surface area contributed by atoms with E-state index in [-0.39, 0.29) is 5.95 Å². The molecule has 0 saturated heterocycles. The second kappa shape index (κ2) is 8.37. The number of nitrogens with zero attached hydrogens (tertiary/aromatic N) is 3. The van der Waals surface area contributed by atoms with Gasteiger partial charge in [0.1, 0.15) is 5.82 Å². The van der Waals surface area contributed by atoms with E-state index in [0.29, 0.717) is 11.7 Å². The van der Waals surface area contributed by atoms with Crippen molar-refractivity contribution < 1.29 is 23.1 Å². The van der Waals surface area contributed by atoms with Gasteiger partial charge in [-0.2, -0.15) is 18.2 Å². The van der Waals surface area contributed by atoms with E-state index in [4.69, 9.17) is 21.4 Å². The fourth-order valence-electron chi connectivity index (χ4n) is 3.45. The van der Waals surface area contributed by atoms with Crippen LogP contribution >= 0.6 is 0 Å². The number of carboxylic acid groups (broad SMARTS) is 1. The van der Waals surface area contributed by atoms with Crippen molar-refractivity contribution in [2.45, 2.75) is 25.9 Å². The van der Waals surface area contributed by atoms with Gasteiger partial charge in [-0.25, -0.2) is 9.78 Å². The first-order valence-corrected chi connectivity index (χ1v) is 9.61. The molecule has 0 bridgehead atoms. The Bertz CT molecular complexity index is 1310. The first kappa shape index (κ1) is 22.9. The Morgan fingerprint density at radius 3 is 2.38 bits per heavy atom. The molecule has 2 heterocycles. The van der Waals surface area contributed by atoms with Crippen molar-refractivity contribution >= 4 is 39.5 Å². The maximum atomic E-state index is 10.6. The second-order valence-electron chi connectivity index (χ2n) is 7.56. The highest BCUT2D eigenvalue weighted by Crippen LogP contribution is 2.37. The summed E-state index contributed by atoms with van der Waals surface area (Å²) in [4.78, 5) is 17.4. The van der Waals surface area contributed by atoms with E-state index in [1.165, 1.54) is 5.56 Å². The Hall–Kier alpha value is -3.82. The van der Waals surface area contributed by atoms with Crippen molar-refractivity contribution in [2.24, 2.45) is 7.05 Å². The Balaban J connectivity index is 0.000000360. The lowest BCUT2D eigenvalue weighted by atomic mass is 9.95. The molecule has 10 heteroatoms. The van der Waals surface area contributed by atoms with Crippen LogP contribution < -0.4 is 11.5 Å². The summed E-state index contributed by atoms with van der Waals surface area (Å²) in [5.74, 6) is -1.67. The highest BCUT2D eigenvalue weighted by molar-refractivity contribution is 6.15. The van der Waals surface area contributed by atoms with Crippen LogP contribution in [0, 0.1) is 0 Å². The number of carbonyl (C=O) groups is 1. The van der Waals surface area contributed by atoms with Crippen LogP contribution in [-0.4, -0.2) is 31.8 Å². The molecule has 0 atom stereocenters. The van der Waals surface area contributed by atoms with E-state index >= 15 is 0 Å². The summed E-state index contributed by atoms with van der Waals surface area (Å²) in [5.41, 5.74) is 17.4. The molecule has 0 saturated carbocycles. The maximum absolute atomic E-state index is 10.6. The van der Waals surface area contributed by atoms with Gasteiger partial charge in [0.05, 0.1) is 16.4 Å². The number of alkyl halides is 3. The van der Waals surface area contributed by atoms with Crippen LogP contribution in [0.4, 0.5) is 24.9 Å². The zero-order valence-electron chi connectivity index (χ0n) is 17.6. The lowest BCUT2D eigenvalue weighted by Crippen LogP contribution is -2.21. The normalized spacial score (nSPS) is 11.6. The summed E-state index contributed by atoms with van der Waals surface area (Å²) in [5, 5.41) is 9.02. The monoisotopic (exact) mass is 445 g/mol. The molecule has 0 aliphatic rings. The molecular formula is C22H22F3N5O2. The van der Waals surface area contributed by atoms with Gasteiger partial charge < -0.3 is 21.1 Å². The molecule has 0 unspecified atom stereocenters. The Morgan fingerprint density at radius 1 is 1.12 bits per heavy atom. The molecule has 0 spiro atoms. The van der Waals surface area contributed by atoms with Crippen molar-refractivity contribution in [1.82, 2.24) is 14.5 Å². The zero-order valence-corrected chi connectivity index (χ0v) is 17.6. The van der Waals surface area contributed by atoms with E-state index in [0.717, 1.165) is 32.9 Å². The number of carboxylic acids is 1. The van der Waals surface area contributed by atoms with Gasteiger partial charge in [-0.15, -0.1) is 0 Å². The molecule has 4 rings (SSSR count). The van der Waals surface area contributed by atoms with Gasteiger partial charge in [0.2, 0.25) is 5.95 Å². The second-order valence-corrected chi connectivity index (χ2v) is 7.56. The van der Waals surface area contributed by atoms with Gasteiger partial charge in [0.15, 0.2) is 0 Å². The summed E-state index contributed by atoms with van der Waals surface area (Å²) in [6.07, 6.45) is -3.05. The number of aryl methyl sites for hydroxylation is 1. The van der Waals surface area contributed by atoms with E-state index in [1.54, 1.807) is 0 Å². The van der Waals surface area contributed by atoms with Gasteiger partial charge in [-0.1, -0.05) is 38.1 Å². The number of nitrogen functional groups attached to an aromatic ring is 2. The molecule has 7 nitrogen and oxygen atoms in total. The minimum absolute atomic E-state index is 0.196. The fraction of sp³-hybridized carbons (Fsp3) is 0.227. The van der Waals surface area contributed by atoms with Crippen LogP contribution in [0.15, 0.2) is 42.6 Å². The number of hydrogen-bond donors (Lipinski definition) is 3. The van der Waals surface area contributed by atoms with Gasteiger partial charge in [-0.3, -0.25) is 0 Å². The van der Waals surface area contributed by atoms with E-state index in [1.807, 2.05) is 13.2 Å². The SMILES string of the molecule is CC(C)c1cccc(-c2cc3nc(N)nc(N)c3c3ccn(C)c23)c1.O=C(O)C(F)(F)F. The first-order valence-electron chi connectivity index (χ1n) is 9.61. The Kier molecular flexibility index (Phi) is 5.98. The minimum atomic E-state index is -5.08. The van der Waals surface area contributed by atoms with Crippen molar-refractivity contribution in [2.75, 3.05) is 11.5 Å². The quantitative estimate of drug-likeness (QED) is 0.411. The minimum Gasteiger partial charge on any atom is -0.475 e. The smallest absolute Gasteiger partial charge is 0.475 e. The van der Waals surface area contributed by atoms with E-state index < -0.39 is 12.1 Å². The third-order valence-corrected chi connectivity index (χ3v) is 4.97. The molecule has 2 aromatic carbocycles. The Labute approximate surface area is 181 Å². The van der Waals surface area contributed by atoms with Crippen LogP contribution in [0.2, 0.25) is 0 Å². The first-order chi connectivity index (χ1) is 14.9. The van der Waals surface area contributed by atoms with Gasteiger partial charge in [0, 0.05) is 24.2 Å². The third kappa shape index (κ3) is 4.43. The average molecular weight is 445 g/mol. The van der Waals surface area contributed by atoms with Crippen LogP contribution in [0.5, 0.6) is 0 Å². The molecular weight excluding hydrogens is 423 g/mol. The van der Waals surface area contributed by atoms with E-state index in [2.05, 4.69) is 64.8 Å². The molecule has 0 aliphatic heterocycles. The Morgan fingerprint density at radius 2 is 1.78 bits per heavy atom. The molecule has 2 aromatic heterocycles. The van der Waals surface area contributed by atoms with Gasteiger partial charge in [0.25, 0.3) is 0 Å². The van der Waals surface area contributed by atoms with Crippen LogP contribution in [-0.2, 0) is 11.8 Å². The number of nitrogens with two attached hydrogens (primary N) is 2. The molecule has 0 fully saturated rings. The predicted octanol–water partition coefficient (Wildman–Crippen LogP) is 4.71. The van der Waals surface area contributed by atoms with Crippen molar-refractivity contribution in [3.8, 4) is 11.1 Å².